The number of carbonyl (C=O) groups is 4. The molecule has 0 spiro atoms. The third-order valence-corrected chi connectivity index (χ3v) is 14.9. The van der Waals surface area contributed by atoms with Crippen LogP contribution >= 0.6 is 46.4 Å². The number of ether oxygens (including phenoxy) is 4. The van der Waals surface area contributed by atoms with Crippen LogP contribution in [-0.4, -0.2) is 163 Å². The Balaban J connectivity index is 0.581. The molecule has 398 valence electrons. The van der Waals surface area contributed by atoms with Gasteiger partial charge in [0.25, 0.3) is 11.8 Å². The molecule has 20 heteroatoms. The van der Waals surface area contributed by atoms with Crippen LogP contribution in [-0.2, 0) is 45.1 Å². The maximum Gasteiger partial charge on any atom is 0.314 e. The van der Waals surface area contributed by atoms with Crippen LogP contribution in [0.4, 0.5) is 9.59 Å². The Hall–Kier alpha value is -4.72. The number of unbranched alkanes of at least 4 members (excludes halogenated alkanes) is 1. The summed E-state index contributed by atoms with van der Waals surface area (Å²) in [6.07, 6.45) is 1.39. The van der Waals surface area contributed by atoms with Crippen molar-refractivity contribution in [3.63, 3.8) is 0 Å². The van der Waals surface area contributed by atoms with E-state index in [9.17, 15) is 19.2 Å². The lowest BCUT2D eigenvalue weighted by molar-refractivity contribution is 0.0377. The third kappa shape index (κ3) is 14.6. The van der Waals surface area contributed by atoms with E-state index in [1.807, 2.05) is 36.4 Å². The zero-order valence-corrected chi connectivity index (χ0v) is 45.1. The van der Waals surface area contributed by atoms with Gasteiger partial charge in [-0.15, -0.1) is 0 Å². The van der Waals surface area contributed by atoms with Crippen LogP contribution in [0.3, 0.4) is 0 Å². The van der Waals surface area contributed by atoms with Gasteiger partial charge in [-0.1, -0.05) is 70.7 Å². The molecule has 0 aromatic heterocycles. The number of nitrogens with one attached hydrogen (secondary N) is 4. The number of fused-ring (bicyclic) bond motifs is 4. The lowest BCUT2D eigenvalue weighted by Crippen LogP contribution is -2.39. The predicted molar refractivity (Wildman–Crippen MR) is 287 cm³/mol. The Morgan fingerprint density at radius 3 is 1.32 bits per heavy atom. The van der Waals surface area contributed by atoms with Crippen molar-refractivity contribution < 1.29 is 38.1 Å². The van der Waals surface area contributed by atoms with E-state index in [2.05, 4.69) is 57.3 Å². The van der Waals surface area contributed by atoms with Gasteiger partial charge in [-0.05, 0) is 108 Å². The third-order valence-electron chi connectivity index (χ3n) is 13.8. The molecule has 0 fully saturated rings. The summed E-state index contributed by atoms with van der Waals surface area (Å²) in [6, 6.07) is 19.3. The van der Waals surface area contributed by atoms with Crippen LogP contribution in [0.15, 0.2) is 60.7 Å². The van der Waals surface area contributed by atoms with Gasteiger partial charge in [-0.2, -0.15) is 0 Å². The fourth-order valence-electron chi connectivity index (χ4n) is 10.1. The van der Waals surface area contributed by atoms with E-state index in [-0.39, 0.29) is 35.7 Å². The quantitative estimate of drug-likeness (QED) is 0.0488. The molecular formula is C54H66Cl4N8O8. The molecule has 2 atom stereocenters. The highest BCUT2D eigenvalue weighted by atomic mass is 35.5. The van der Waals surface area contributed by atoms with Crippen molar-refractivity contribution in [1.29, 1.82) is 0 Å². The molecule has 4 heterocycles. The molecule has 0 radical (unpaired) electrons. The second-order valence-electron chi connectivity index (χ2n) is 19.2. The van der Waals surface area contributed by atoms with Crippen molar-refractivity contribution in [2.75, 3.05) is 119 Å². The highest BCUT2D eigenvalue weighted by Gasteiger charge is 2.33. The number of likely N-dealkylation sites (N-methyl/N-ethyl adjacent to an activating group) is 2. The van der Waals surface area contributed by atoms with Gasteiger partial charge < -0.3 is 59.8 Å². The molecule has 16 nitrogen and oxygen atoms in total. The molecule has 4 aromatic carbocycles. The topological polar surface area (TPSA) is 166 Å². The molecule has 4 aliphatic heterocycles. The summed E-state index contributed by atoms with van der Waals surface area (Å²) < 4.78 is 22.7. The Labute approximate surface area is 453 Å². The number of urea groups is 2. The molecule has 6 amide bonds. The maximum atomic E-state index is 13.2. The Morgan fingerprint density at radius 2 is 0.905 bits per heavy atom. The molecule has 4 aliphatic rings. The van der Waals surface area contributed by atoms with E-state index >= 15 is 0 Å². The number of amides is 6. The summed E-state index contributed by atoms with van der Waals surface area (Å²) in [5.41, 5.74) is 10.2. The molecule has 0 saturated heterocycles. The summed E-state index contributed by atoms with van der Waals surface area (Å²) in [7, 11) is 4.17. The van der Waals surface area contributed by atoms with E-state index in [0.717, 1.165) is 81.8 Å². The number of rotatable bonds is 25. The molecule has 0 saturated carbocycles. The Morgan fingerprint density at radius 1 is 0.514 bits per heavy atom. The van der Waals surface area contributed by atoms with Gasteiger partial charge in [0.2, 0.25) is 0 Å². The predicted octanol–water partition coefficient (Wildman–Crippen LogP) is 7.51. The minimum absolute atomic E-state index is 0.00294. The molecule has 8 rings (SSSR count). The van der Waals surface area contributed by atoms with Crippen molar-refractivity contribution >= 4 is 70.3 Å². The van der Waals surface area contributed by atoms with Crippen LogP contribution < -0.4 is 21.3 Å². The van der Waals surface area contributed by atoms with Crippen LogP contribution in [0.5, 0.6) is 0 Å². The SMILES string of the molecule is CN1Cc2c(Cl)cc(Cl)cc2C(c2ccc3c(c2)CN(CCOCCOCCNC(=O)NCCCCNC(=O)NCCOCCOCCN2Cc4cc(C5CN(C)Cc6c(Cl)cc(Cl)cc65)ccc4C2=O)C3=O)C1. The smallest absolute Gasteiger partial charge is 0.314 e. The highest BCUT2D eigenvalue weighted by molar-refractivity contribution is 6.35. The van der Waals surface area contributed by atoms with Gasteiger partial charge in [-0.25, -0.2) is 9.59 Å². The summed E-state index contributed by atoms with van der Waals surface area (Å²) in [4.78, 5) is 58.8. The molecule has 4 aromatic rings. The average Bonchev–Trinajstić information content (AvgIpc) is 3.86. The summed E-state index contributed by atoms with van der Waals surface area (Å²) in [6.45, 7) is 9.72. The van der Waals surface area contributed by atoms with Crippen LogP contribution in [0, 0.1) is 0 Å². The number of benzene rings is 4. The van der Waals surface area contributed by atoms with Gasteiger partial charge in [-0.3, -0.25) is 9.59 Å². The highest BCUT2D eigenvalue weighted by Crippen LogP contribution is 2.41. The summed E-state index contributed by atoms with van der Waals surface area (Å²) in [5, 5.41) is 13.8. The fraction of sp³-hybridized carbons (Fsp3) is 0.481. The van der Waals surface area contributed by atoms with Gasteiger partial charge in [0, 0.05) is 122 Å². The number of halogens is 4. The fourth-order valence-corrected chi connectivity index (χ4v) is 11.2. The molecule has 4 N–H and O–H groups in total. The first-order chi connectivity index (χ1) is 35.8. The van der Waals surface area contributed by atoms with Gasteiger partial charge in [0.1, 0.15) is 0 Å². The second kappa shape index (κ2) is 26.9. The Bertz CT molecular complexity index is 2470. The summed E-state index contributed by atoms with van der Waals surface area (Å²) in [5.74, 6) is 0.212. The van der Waals surface area contributed by atoms with E-state index < -0.39 is 0 Å². The van der Waals surface area contributed by atoms with Crippen molar-refractivity contribution in [2.45, 2.75) is 50.9 Å². The Kier molecular flexibility index (Phi) is 20.1. The molecule has 2 unspecified atom stereocenters. The number of carbonyl (C=O) groups excluding carboxylic acids is 4. The van der Waals surface area contributed by atoms with Crippen molar-refractivity contribution in [3.05, 3.63) is 136 Å². The first kappa shape index (κ1) is 55.5. The zero-order chi connectivity index (χ0) is 52.1. The average molecular weight is 1100 g/mol. The standard InChI is InChI=1S/C54H66Cl4N8O8/c1-63-31-45(43-25-39(55)27-49(57)47(43)33-63)35-5-7-41-37(23-35)29-65(51(41)67)13-17-73-21-19-71-15-11-61-53(69)59-9-3-4-10-60-54(70)62-12-16-72-20-22-74-18-14-66-30-38-24-36(6-8-42(38)52(66)68)46-32-64(2)34-48-44(46)26-40(56)28-50(48)58/h5-8,23-28,45-46H,3-4,9-22,29-34H2,1-2H3,(H2,59,61,69)(H2,60,62,70). The first-order valence-corrected chi connectivity index (χ1v) is 26.9. The first-order valence-electron chi connectivity index (χ1n) is 25.3. The lowest BCUT2D eigenvalue weighted by atomic mass is 9.84. The maximum absolute atomic E-state index is 13.2. The van der Waals surface area contributed by atoms with Crippen LogP contribution in [0.2, 0.25) is 20.1 Å². The van der Waals surface area contributed by atoms with E-state index in [1.165, 1.54) is 0 Å². The molecule has 0 bridgehead atoms. The largest absolute Gasteiger partial charge is 0.377 e. The normalized spacial score (nSPS) is 17.3. The van der Waals surface area contributed by atoms with Gasteiger partial charge in [0.15, 0.2) is 0 Å². The van der Waals surface area contributed by atoms with Gasteiger partial charge >= 0.3 is 12.1 Å². The summed E-state index contributed by atoms with van der Waals surface area (Å²) >= 11 is 25.9. The lowest BCUT2D eigenvalue weighted by Gasteiger charge is -2.33. The minimum atomic E-state index is -0.288. The zero-order valence-electron chi connectivity index (χ0n) is 42.1. The van der Waals surface area contributed by atoms with Crippen LogP contribution in [0.1, 0.15) is 89.9 Å². The van der Waals surface area contributed by atoms with Crippen molar-refractivity contribution in [1.82, 2.24) is 40.9 Å². The van der Waals surface area contributed by atoms with E-state index in [4.69, 9.17) is 65.4 Å². The van der Waals surface area contributed by atoms with Crippen molar-refractivity contribution in [2.24, 2.45) is 0 Å². The number of nitrogens with zero attached hydrogens (tertiary/aromatic N) is 4. The van der Waals surface area contributed by atoms with E-state index in [1.54, 1.807) is 21.9 Å². The second-order valence-corrected chi connectivity index (χ2v) is 20.9. The number of hydrogen-bond acceptors (Lipinski definition) is 10. The number of hydrogen-bond donors (Lipinski definition) is 4. The molecule has 74 heavy (non-hydrogen) atoms. The van der Waals surface area contributed by atoms with E-state index in [0.29, 0.717) is 138 Å². The minimum Gasteiger partial charge on any atom is -0.377 e. The molecular weight excluding hydrogens is 1030 g/mol. The van der Waals surface area contributed by atoms with Crippen molar-refractivity contribution in [3.8, 4) is 0 Å². The van der Waals surface area contributed by atoms with Crippen LogP contribution in [0.25, 0.3) is 0 Å². The monoisotopic (exact) mass is 1090 g/mol. The van der Waals surface area contributed by atoms with Gasteiger partial charge in [0.05, 0.1) is 52.9 Å². The molecule has 0 aliphatic carbocycles.